The van der Waals surface area contributed by atoms with Gasteiger partial charge in [0.25, 0.3) is 5.91 Å². The molecular formula is C25H22F7IN2O2. The highest BCUT2D eigenvalue weighted by molar-refractivity contribution is 5.93. The van der Waals surface area contributed by atoms with Crippen LogP contribution in [0, 0.1) is 5.82 Å². The summed E-state index contributed by atoms with van der Waals surface area (Å²) in [7, 11) is 1.74. The van der Waals surface area contributed by atoms with Crippen LogP contribution in [0.5, 0.6) is 0 Å². The number of pyridine rings is 1. The van der Waals surface area contributed by atoms with E-state index in [0.717, 1.165) is 0 Å². The number of aryl methyl sites for hydroxylation is 1. The number of nitrogens with zero attached hydrogens (tertiary/aromatic N) is 1. The molecule has 200 valence electrons. The van der Waals surface area contributed by atoms with E-state index < -0.39 is 47.7 Å². The molecule has 0 aliphatic rings. The zero-order chi connectivity index (χ0) is 26.5. The second-order valence-corrected chi connectivity index (χ2v) is 8.15. The fraction of sp³-hybridized carbons (Fsp3) is 0.280. The Morgan fingerprint density at radius 2 is 1.57 bits per heavy atom. The third-order valence-corrected chi connectivity index (χ3v) is 5.29. The first kappa shape index (κ1) is 30.5. The molecular weight excluding hydrogens is 620 g/mol. The molecule has 3 rings (SSSR count). The number of halogens is 8. The van der Waals surface area contributed by atoms with Crippen LogP contribution in [-0.4, -0.2) is 19.1 Å². The Bertz CT molecular complexity index is 1170. The summed E-state index contributed by atoms with van der Waals surface area (Å²) < 4.78 is 99.1. The van der Waals surface area contributed by atoms with Crippen LogP contribution in [0.2, 0.25) is 0 Å². The fourth-order valence-corrected chi connectivity index (χ4v) is 3.47. The van der Waals surface area contributed by atoms with Crippen molar-refractivity contribution in [2.45, 2.75) is 24.9 Å². The van der Waals surface area contributed by atoms with Crippen molar-refractivity contribution in [2.24, 2.45) is 7.05 Å². The quantitative estimate of drug-likeness (QED) is 0.233. The minimum absolute atomic E-state index is 0. The van der Waals surface area contributed by atoms with Gasteiger partial charge in [-0.15, -0.1) is 0 Å². The van der Waals surface area contributed by atoms with Gasteiger partial charge in [0.05, 0.1) is 24.3 Å². The van der Waals surface area contributed by atoms with Gasteiger partial charge in [0, 0.05) is 18.5 Å². The van der Waals surface area contributed by atoms with E-state index in [9.17, 15) is 35.5 Å². The Balaban J connectivity index is 0.00000481. The van der Waals surface area contributed by atoms with Crippen LogP contribution in [0.4, 0.5) is 30.7 Å². The molecule has 0 saturated carbocycles. The number of benzene rings is 2. The van der Waals surface area contributed by atoms with Crippen molar-refractivity contribution >= 4 is 5.91 Å². The number of aromatic nitrogens is 1. The first-order valence-electron chi connectivity index (χ1n) is 10.7. The number of rotatable bonds is 8. The van der Waals surface area contributed by atoms with E-state index in [1.54, 1.807) is 36.1 Å². The molecule has 0 aliphatic carbocycles. The third-order valence-electron chi connectivity index (χ3n) is 5.29. The number of alkyl halides is 6. The number of carbonyl (C=O) groups is 1. The number of nitrogens with one attached hydrogen (secondary N) is 1. The van der Waals surface area contributed by atoms with Gasteiger partial charge >= 0.3 is 12.4 Å². The van der Waals surface area contributed by atoms with Crippen LogP contribution in [0.25, 0.3) is 0 Å². The lowest BCUT2D eigenvalue weighted by Crippen LogP contribution is -3.00. The van der Waals surface area contributed by atoms with Crippen molar-refractivity contribution in [3.8, 4) is 0 Å². The van der Waals surface area contributed by atoms with Gasteiger partial charge in [0.2, 0.25) is 0 Å². The van der Waals surface area contributed by atoms with Gasteiger partial charge in [-0.25, -0.2) is 8.96 Å². The molecule has 2 aromatic carbocycles. The standard InChI is InChI=1S/C25H21F7N2O2.HI/c1-34-8-2-3-18(13-34)23(35)33-12-19(17-4-6-22(26)7-5-17)15-36-14-16-9-20(24(27,28)29)11-21(10-16)25(30,31)32;/h2-11,13,19H,12,14-15H2,1H3;1H. The van der Waals surface area contributed by atoms with Crippen molar-refractivity contribution in [3.05, 3.63) is 101 Å². The van der Waals surface area contributed by atoms with Crippen LogP contribution < -0.4 is 33.9 Å². The smallest absolute Gasteiger partial charge is 0.416 e. The fourth-order valence-electron chi connectivity index (χ4n) is 3.47. The number of carbonyl (C=O) groups excluding carboxylic acids is 1. The maximum Gasteiger partial charge on any atom is 0.416 e. The molecule has 1 N–H and O–H groups in total. The SMILES string of the molecule is C[n+]1cccc(C(=O)NCC(COCc2cc(C(F)(F)F)cc(C(F)(F)F)c2)c2ccc(F)cc2)c1.[I-]. The Labute approximate surface area is 225 Å². The van der Waals surface area contributed by atoms with E-state index in [1.165, 1.54) is 24.3 Å². The maximum absolute atomic E-state index is 13.4. The van der Waals surface area contributed by atoms with Crippen LogP contribution in [0.1, 0.15) is 38.5 Å². The highest BCUT2D eigenvalue weighted by Crippen LogP contribution is 2.36. The molecule has 0 aliphatic heterocycles. The van der Waals surface area contributed by atoms with Crippen LogP contribution in [0.15, 0.2) is 67.0 Å². The van der Waals surface area contributed by atoms with Crippen LogP contribution in [-0.2, 0) is 30.7 Å². The second kappa shape index (κ2) is 12.7. The monoisotopic (exact) mass is 642 g/mol. The van der Waals surface area contributed by atoms with Gasteiger partial charge < -0.3 is 34.0 Å². The molecule has 1 amide bonds. The minimum Gasteiger partial charge on any atom is -1.00 e. The zero-order valence-corrected chi connectivity index (χ0v) is 21.5. The number of hydrogen-bond acceptors (Lipinski definition) is 2. The van der Waals surface area contributed by atoms with Gasteiger partial charge in [0.1, 0.15) is 18.4 Å². The van der Waals surface area contributed by atoms with E-state index in [1.807, 2.05) is 0 Å². The van der Waals surface area contributed by atoms with Gasteiger partial charge in [-0.3, -0.25) is 4.79 Å². The van der Waals surface area contributed by atoms with E-state index in [4.69, 9.17) is 4.74 Å². The predicted molar refractivity (Wildman–Crippen MR) is 115 cm³/mol. The summed E-state index contributed by atoms with van der Waals surface area (Å²) in [6.45, 7) is -0.668. The zero-order valence-electron chi connectivity index (χ0n) is 19.3. The highest BCUT2D eigenvalue weighted by Gasteiger charge is 2.36. The van der Waals surface area contributed by atoms with Gasteiger partial charge in [-0.2, -0.15) is 26.3 Å². The highest BCUT2D eigenvalue weighted by atomic mass is 127. The summed E-state index contributed by atoms with van der Waals surface area (Å²) in [5.41, 5.74) is -2.24. The van der Waals surface area contributed by atoms with E-state index in [2.05, 4.69) is 5.32 Å². The van der Waals surface area contributed by atoms with Crippen molar-refractivity contribution in [2.75, 3.05) is 13.2 Å². The lowest BCUT2D eigenvalue weighted by Gasteiger charge is -2.19. The van der Waals surface area contributed by atoms with E-state index in [0.29, 0.717) is 23.3 Å². The Morgan fingerprint density at radius 3 is 2.11 bits per heavy atom. The summed E-state index contributed by atoms with van der Waals surface area (Å²) in [6, 6.07) is 9.84. The first-order valence-corrected chi connectivity index (χ1v) is 10.7. The molecule has 3 aromatic rings. The predicted octanol–water partition coefficient (Wildman–Crippen LogP) is 2.42. The average Bonchev–Trinajstić information content (AvgIpc) is 2.80. The maximum atomic E-state index is 13.4. The van der Waals surface area contributed by atoms with Crippen molar-refractivity contribution in [1.82, 2.24) is 5.32 Å². The molecule has 1 unspecified atom stereocenters. The largest absolute Gasteiger partial charge is 1.00 e. The van der Waals surface area contributed by atoms with Gasteiger partial charge in [-0.05, 0) is 47.5 Å². The van der Waals surface area contributed by atoms with Crippen molar-refractivity contribution < 1.29 is 68.8 Å². The second-order valence-electron chi connectivity index (χ2n) is 8.15. The lowest BCUT2D eigenvalue weighted by molar-refractivity contribution is -0.671. The first-order chi connectivity index (χ1) is 16.8. The molecule has 1 atom stereocenters. The summed E-state index contributed by atoms with van der Waals surface area (Å²) in [6.07, 6.45) is -6.59. The minimum atomic E-state index is -4.97. The average molecular weight is 642 g/mol. The Kier molecular flexibility index (Phi) is 10.4. The van der Waals surface area contributed by atoms with Crippen molar-refractivity contribution in [1.29, 1.82) is 0 Å². The molecule has 0 spiro atoms. The Morgan fingerprint density at radius 1 is 0.973 bits per heavy atom. The molecule has 1 aromatic heterocycles. The van der Waals surface area contributed by atoms with E-state index >= 15 is 0 Å². The molecule has 0 radical (unpaired) electrons. The third kappa shape index (κ3) is 8.95. The van der Waals surface area contributed by atoms with E-state index in [-0.39, 0.29) is 48.8 Å². The van der Waals surface area contributed by atoms with Crippen LogP contribution >= 0.6 is 0 Å². The molecule has 12 heteroatoms. The normalized spacial score (nSPS) is 12.5. The van der Waals surface area contributed by atoms with Gasteiger partial charge in [0.15, 0.2) is 12.4 Å². The molecule has 1 heterocycles. The Hall–Kier alpha value is -2.74. The van der Waals surface area contributed by atoms with Crippen molar-refractivity contribution in [3.63, 3.8) is 0 Å². The number of amides is 1. The molecule has 0 saturated heterocycles. The lowest BCUT2D eigenvalue weighted by atomic mass is 9.99. The van der Waals surface area contributed by atoms with Crippen LogP contribution in [0.3, 0.4) is 0 Å². The summed E-state index contributed by atoms with van der Waals surface area (Å²) in [5.74, 6) is -1.45. The molecule has 4 nitrogen and oxygen atoms in total. The topological polar surface area (TPSA) is 42.2 Å². The van der Waals surface area contributed by atoms with Gasteiger partial charge in [-0.1, -0.05) is 12.1 Å². The number of ether oxygens (including phenoxy) is 1. The summed E-state index contributed by atoms with van der Waals surface area (Å²) in [5, 5.41) is 2.72. The summed E-state index contributed by atoms with van der Waals surface area (Å²) >= 11 is 0. The molecule has 0 bridgehead atoms. The molecule has 37 heavy (non-hydrogen) atoms. The number of hydrogen-bond donors (Lipinski definition) is 1. The molecule has 0 fully saturated rings. The summed E-state index contributed by atoms with van der Waals surface area (Å²) in [4.78, 5) is 12.5.